The molecule has 0 amide bonds. The molecule has 2 unspecified atom stereocenters. The molecule has 1 aromatic carbocycles. The minimum atomic E-state index is 0.694. The lowest BCUT2D eigenvalue weighted by Crippen LogP contribution is -2.38. The van der Waals surface area contributed by atoms with Crippen LogP contribution in [0.3, 0.4) is 0 Å². The van der Waals surface area contributed by atoms with Crippen LogP contribution in [0.2, 0.25) is 0 Å². The highest BCUT2D eigenvalue weighted by molar-refractivity contribution is 7.99. The Balaban J connectivity index is 1.86. The first-order valence-electron chi connectivity index (χ1n) is 6.16. The fraction of sp³-hybridized carbons (Fsp3) is 0.571. The van der Waals surface area contributed by atoms with Crippen LogP contribution in [0.15, 0.2) is 24.3 Å². The van der Waals surface area contributed by atoms with Crippen LogP contribution in [0.4, 0.5) is 0 Å². The van der Waals surface area contributed by atoms with Crippen molar-refractivity contribution >= 4 is 11.8 Å². The van der Waals surface area contributed by atoms with Crippen LogP contribution < -0.4 is 5.32 Å². The molecule has 0 spiro atoms. The maximum absolute atomic E-state index is 3.69. The largest absolute Gasteiger partial charge is 0.309 e. The molecule has 16 heavy (non-hydrogen) atoms. The molecule has 88 valence electrons. The number of aryl methyl sites for hydroxylation is 1. The Kier molecular flexibility index (Phi) is 4.30. The third kappa shape index (κ3) is 3.26. The summed E-state index contributed by atoms with van der Waals surface area (Å²) < 4.78 is 0. The van der Waals surface area contributed by atoms with Crippen molar-refractivity contribution in [2.24, 2.45) is 0 Å². The van der Waals surface area contributed by atoms with Gasteiger partial charge in [-0.25, -0.2) is 0 Å². The van der Waals surface area contributed by atoms with E-state index in [0.29, 0.717) is 6.04 Å². The van der Waals surface area contributed by atoms with E-state index in [0.717, 1.165) is 11.8 Å². The van der Waals surface area contributed by atoms with Crippen LogP contribution in [0.25, 0.3) is 0 Å². The second-order valence-corrected chi connectivity index (χ2v) is 6.18. The molecular formula is C14H21NS. The molecule has 0 saturated carbocycles. The minimum Gasteiger partial charge on any atom is -0.309 e. The smallest absolute Gasteiger partial charge is 0.0208 e. The Morgan fingerprint density at radius 2 is 2.31 bits per heavy atom. The molecule has 0 aliphatic carbocycles. The molecule has 2 heteroatoms. The van der Waals surface area contributed by atoms with Gasteiger partial charge in [-0.15, -0.1) is 0 Å². The summed E-state index contributed by atoms with van der Waals surface area (Å²) in [6.45, 7) is 5.51. The van der Waals surface area contributed by atoms with Crippen molar-refractivity contribution in [2.75, 3.05) is 5.75 Å². The maximum atomic E-state index is 3.69. The summed E-state index contributed by atoms with van der Waals surface area (Å²) in [5.74, 6) is 1.34. The Bertz CT molecular complexity index is 337. The number of benzene rings is 1. The van der Waals surface area contributed by atoms with Crippen molar-refractivity contribution < 1.29 is 0 Å². The summed E-state index contributed by atoms with van der Waals surface area (Å²) in [7, 11) is 0. The second kappa shape index (κ2) is 5.74. The highest BCUT2D eigenvalue weighted by atomic mass is 32.2. The van der Waals surface area contributed by atoms with Gasteiger partial charge in [0.25, 0.3) is 0 Å². The summed E-state index contributed by atoms with van der Waals surface area (Å²) in [6.07, 6.45) is 2.69. The normalized spacial score (nSPS) is 25.6. The standard InChI is InChI=1S/C14H21NS/c1-11-5-3-6-13(9-11)10-15-14-7-4-8-16-12(14)2/h3,5-6,9,12,14-15H,4,7-8,10H2,1-2H3. The Morgan fingerprint density at radius 3 is 3.06 bits per heavy atom. The van der Waals surface area contributed by atoms with Crippen molar-refractivity contribution in [1.82, 2.24) is 5.32 Å². The lowest BCUT2D eigenvalue weighted by molar-refractivity contribution is 0.462. The second-order valence-electron chi connectivity index (χ2n) is 4.69. The minimum absolute atomic E-state index is 0.694. The fourth-order valence-corrected chi connectivity index (χ4v) is 3.43. The fourth-order valence-electron chi connectivity index (χ4n) is 2.26. The van der Waals surface area contributed by atoms with Crippen LogP contribution >= 0.6 is 11.8 Å². The summed E-state index contributed by atoms with van der Waals surface area (Å²) in [5.41, 5.74) is 2.76. The number of hydrogen-bond donors (Lipinski definition) is 1. The molecule has 1 heterocycles. The number of hydrogen-bond acceptors (Lipinski definition) is 2. The monoisotopic (exact) mass is 235 g/mol. The lowest BCUT2D eigenvalue weighted by atomic mass is 10.1. The summed E-state index contributed by atoms with van der Waals surface area (Å²) >= 11 is 2.10. The van der Waals surface area contributed by atoms with Gasteiger partial charge in [0.2, 0.25) is 0 Å². The van der Waals surface area contributed by atoms with Crippen molar-refractivity contribution in [3.63, 3.8) is 0 Å². The zero-order chi connectivity index (χ0) is 11.4. The third-order valence-corrected chi connectivity index (χ3v) is 4.64. The first kappa shape index (κ1) is 12.0. The van der Waals surface area contributed by atoms with Crippen molar-refractivity contribution in [2.45, 2.75) is 44.5 Å². The molecule has 0 radical (unpaired) electrons. The average Bonchev–Trinajstić information content (AvgIpc) is 2.28. The molecule has 1 aliphatic heterocycles. The van der Waals surface area contributed by atoms with Gasteiger partial charge in [0.1, 0.15) is 0 Å². The van der Waals surface area contributed by atoms with E-state index in [-0.39, 0.29) is 0 Å². The first-order valence-corrected chi connectivity index (χ1v) is 7.21. The molecule has 1 saturated heterocycles. The van der Waals surface area contributed by atoms with Gasteiger partial charge in [-0.1, -0.05) is 36.8 Å². The summed E-state index contributed by atoms with van der Waals surface area (Å²) in [4.78, 5) is 0. The predicted molar refractivity (Wildman–Crippen MR) is 73.0 cm³/mol. The molecule has 1 aliphatic rings. The number of thioether (sulfide) groups is 1. The van der Waals surface area contributed by atoms with Crippen LogP contribution in [0.5, 0.6) is 0 Å². The molecule has 2 atom stereocenters. The Hall–Kier alpha value is -0.470. The molecule has 1 N–H and O–H groups in total. The molecular weight excluding hydrogens is 214 g/mol. The van der Waals surface area contributed by atoms with Gasteiger partial charge in [-0.05, 0) is 31.1 Å². The van der Waals surface area contributed by atoms with Crippen molar-refractivity contribution in [3.8, 4) is 0 Å². The first-order chi connectivity index (χ1) is 7.75. The highest BCUT2D eigenvalue weighted by Crippen LogP contribution is 2.25. The lowest BCUT2D eigenvalue weighted by Gasteiger charge is -2.29. The zero-order valence-corrected chi connectivity index (χ0v) is 11.0. The summed E-state index contributed by atoms with van der Waals surface area (Å²) in [6, 6.07) is 9.47. The molecule has 0 bridgehead atoms. The quantitative estimate of drug-likeness (QED) is 0.862. The van der Waals surface area contributed by atoms with Gasteiger partial charge in [-0.2, -0.15) is 11.8 Å². The molecule has 2 rings (SSSR count). The van der Waals surface area contributed by atoms with Gasteiger partial charge in [0.15, 0.2) is 0 Å². The zero-order valence-electron chi connectivity index (χ0n) is 10.2. The molecule has 1 fully saturated rings. The van der Waals surface area contributed by atoms with Gasteiger partial charge in [0, 0.05) is 17.8 Å². The van der Waals surface area contributed by atoms with E-state index >= 15 is 0 Å². The Morgan fingerprint density at radius 1 is 1.44 bits per heavy atom. The van der Waals surface area contributed by atoms with Crippen LogP contribution in [0, 0.1) is 6.92 Å². The third-order valence-electron chi connectivity index (χ3n) is 3.26. The average molecular weight is 235 g/mol. The van der Waals surface area contributed by atoms with E-state index < -0.39 is 0 Å². The van der Waals surface area contributed by atoms with Crippen molar-refractivity contribution in [3.05, 3.63) is 35.4 Å². The SMILES string of the molecule is Cc1cccc(CNC2CCCSC2C)c1. The Labute approximate surface area is 103 Å². The topological polar surface area (TPSA) is 12.0 Å². The van der Waals surface area contributed by atoms with Gasteiger partial charge >= 0.3 is 0 Å². The maximum Gasteiger partial charge on any atom is 0.0208 e. The van der Waals surface area contributed by atoms with Gasteiger partial charge < -0.3 is 5.32 Å². The number of rotatable bonds is 3. The van der Waals surface area contributed by atoms with Crippen molar-refractivity contribution in [1.29, 1.82) is 0 Å². The summed E-state index contributed by atoms with van der Waals surface area (Å²) in [5, 5.41) is 4.46. The van der Waals surface area contributed by atoms with Gasteiger partial charge in [0.05, 0.1) is 0 Å². The van der Waals surface area contributed by atoms with E-state index in [1.54, 1.807) is 0 Å². The highest BCUT2D eigenvalue weighted by Gasteiger charge is 2.20. The van der Waals surface area contributed by atoms with E-state index in [1.807, 2.05) is 0 Å². The van der Waals surface area contributed by atoms with Gasteiger partial charge in [-0.3, -0.25) is 0 Å². The van der Waals surface area contributed by atoms with E-state index in [1.165, 1.54) is 29.7 Å². The molecule has 1 nitrogen and oxygen atoms in total. The van der Waals surface area contributed by atoms with Crippen LogP contribution in [0.1, 0.15) is 30.9 Å². The van der Waals surface area contributed by atoms with E-state index in [9.17, 15) is 0 Å². The van der Waals surface area contributed by atoms with E-state index in [2.05, 4.69) is 55.2 Å². The predicted octanol–water partition coefficient (Wildman–Crippen LogP) is 3.37. The molecule has 1 aromatic rings. The molecule has 0 aromatic heterocycles. The van der Waals surface area contributed by atoms with Crippen LogP contribution in [-0.4, -0.2) is 17.0 Å². The number of nitrogens with one attached hydrogen (secondary N) is 1. The van der Waals surface area contributed by atoms with E-state index in [4.69, 9.17) is 0 Å². The van der Waals surface area contributed by atoms with Crippen LogP contribution in [-0.2, 0) is 6.54 Å².